The van der Waals surface area contributed by atoms with Gasteiger partial charge < -0.3 is 10.2 Å². The average molecular weight is 338 g/mol. The van der Waals surface area contributed by atoms with Crippen molar-refractivity contribution < 1.29 is 9.59 Å². The molecule has 2 aliphatic rings. The highest BCUT2D eigenvalue weighted by molar-refractivity contribution is 7.99. The minimum atomic E-state index is -0.0110. The van der Waals surface area contributed by atoms with Crippen molar-refractivity contribution in [3.8, 4) is 0 Å². The van der Waals surface area contributed by atoms with Crippen molar-refractivity contribution in [2.75, 3.05) is 11.1 Å². The molecule has 24 heavy (non-hydrogen) atoms. The molecule has 2 aromatic carbocycles. The molecule has 2 amide bonds. The Morgan fingerprint density at radius 1 is 1.21 bits per heavy atom. The quantitative estimate of drug-likeness (QED) is 0.868. The number of carbonyl (C=O) groups is 2. The number of nitrogens with one attached hydrogen (secondary N) is 1. The fourth-order valence-electron chi connectivity index (χ4n) is 3.20. The monoisotopic (exact) mass is 338 g/mol. The third-order valence-corrected chi connectivity index (χ3v) is 5.93. The molecule has 0 aliphatic carbocycles. The lowest BCUT2D eigenvalue weighted by molar-refractivity contribution is -0.115. The van der Waals surface area contributed by atoms with Gasteiger partial charge in [-0.25, -0.2) is 0 Å². The van der Waals surface area contributed by atoms with Crippen molar-refractivity contribution >= 4 is 29.3 Å². The van der Waals surface area contributed by atoms with E-state index in [-0.39, 0.29) is 17.9 Å². The summed E-state index contributed by atoms with van der Waals surface area (Å²) in [5.41, 5.74) is 3.55. The first-order chi connectivity index (χ1) is 11.6. The molecule has 2 aromatic rings. The highest BCUT2D eigenvalue weighted by Crippen LogP contribution is 2.31. The second-order valence-corrected chi connectivity index (χ2v) is 7.36. The highest BCUT2D eigenvalue weighted by atomic mass is 32.2. The first-order valence-corrected chi connectivity index (χ1v) is 9.05. The van der Waals surface area contributed by atoms with Gasteiger partial charge in [-0.3, -0.25) is 9.59 Å². The van der Waals surface area contributed by atoms with Crippen LogP contribution in [0, 0.1) is 0 Å². The molecule has 4 rings (SSSR count). The van der Waals surface area contributed by atoms with Gasteiger partial charge in [-0.2, -0.15) is 0 Å². The fourth-order valence-corrected chi connectivity index (χ4v) is 4.29. The van der Waals surface area contributed by atoms with Crippen molar-refractivity contribution in [3.05, 3.63) is 59.2 Å². The van der Waals surface area contributed by atoms with Crippen LogP contribution in [0.15, 0.2) is 47.4 Å². The Labute approximate surface area is 145 Å². The first-order valence-electron chi connectivity index (χ1n) is 8.06. The smallest absolute Gasteiger partial charge is 0.254 e. The Bertz CT molecular complexity index is 834. The maximum atomic E-state index is 13.1. The van der Waals surface area contributed by atoms with Gasteiger partial charge in [0.25, 0.3) is 5.91 Å². The summed E-state index contributed by atoms with van der Waals surface area (Å²) in [4.78, 5) is 27.7. The first kappa shape index (κ1) is 15.3. The molecule has 4 nitrogen and oxygen atoms in total. The van der Waals surface area contributed by atoms with Gasteiger partial charge >= 0.3 is 0 Å². The van der Waals surface area contributed by atoms with Crippen molar-refractivity contribution in [3.63, 3.8) is 0 Å². The molecule has 2 heterocycles. The minimum Gasteiger partial charge on any atom is -0.331 e. The van der Waals surface area contributed by atoms with Crippen LogP contribution in [0.4, 0.5) is 5.69 Å². The summed E-state index contributed by atoms with van der Waals surface area (Å²) in [6.45, 7) is 2.71. The molecule has 5 heteroatoms. The second-order valence-electron chi connectivity index (χ2n) is 6.30. The van der Waals surface area contributed by atoms with Crippen LogP contribution >= 0.6 is 11.8 Å². The lowest BCUT2D eigenvalue weighted by Crippen LogP contribution is -2.38. The van der Waals surface area contributed by atoms with Crippen molar-refractivity contribution in [2.24, 2.45) is 0 Å². The summed E-state index contributed by atoms with van der Waals surface area (Å²) in [6, 6.07) is 13.9. The zero-order chi connectivity index (χ0) is 16.7. The van der Waals surface area contributed by atoms with Crippen LogP contribution in [0.1, 0.15) is 28.4 Å². The largest absolute Gasteiger partial charge is 0.331 e. The Morgan fingerprint density at radius 3 is 2.92 bits per heavy atom. The standard InChI is InChI=1S/C19H18N2O2S/c1-12-11-24-17-5-3-2-4-15(17)10-21(12)19(23)14-7-6-13-9-18(22)20-16(13)8-14/h2-8,12H,9-11H2,1H3,(H,20,22)/t12-/m1/s1. The lowest BCUT2D eigenvalue weighted by atomic mass is 10.1. The molecule has 0 saturated heterocycles. The van der Waals surface area contributed by atoms with Crippen LogP contribution < -0.4 is 5.32 Å². The summed E-state index contributed by atoms with van der Waals surface area (Å²) in [7, 11) is 0. The van der Waals surface area contributed by atoms with Crippen LogP contribution in [0.2, 0.25) is 0 Å². The predicted molar refractivity (Wildman–Crippen MR) is 95.3 cm³/mol. The number of hydrogen-bond acceptors (Lipinski definition) is 3. The minimum absolute atomic E-state index is 0.0110. The molecule has 1 atom stereocenters. The molecule has 0 saturated carbocycles. The summed E-state index contributed by atoms with van der Waals surface area (Å²) in [5.74, 6) is 0.886. The van der Waals surface area contributed by atoms with Crippen molar-refractivity contribution in [2.45, 2.75) is 30.8 Å². The predicted octanol–water partition coefficient (Wildman–Crippen LogP) is 3.32. The van der Waals surface area contributed by atoms with E-state index in [9.17, 15) is 9.59 Å². The molecule has 122 valence electrons. The SMILES string of the molecule is C[C@@H]1CSc2ccccc2CN1C(=O)c1ccc2c(c1)NC(=O)C2. The summed E-state index contributed by atoms with van der Waals surface area (Å²) in [5, 5.41) is 2.82. The van der Waals surface area contributed by atoms with Crippen molar-refractivity contribution in [1.29, 1.82) is 0 Å². The van der Waals surface area contributed by atoms with E-state index in [2.05, 4.69) is 24.4 Å². The van der Waals surface area contributed by atoms with Crippen LogP contribution in [0.5, 0.6) is 0 Å². The van der Waals surface area contributed by atoms with Gasteiger partial charge in [0.1, 0.15) is 0 Å². The second kappa shape index (κ2) is 5.98. The van der Waals surface area contributed by atoms with Crippen LogP contribution in [-0.2, 0) is 17.8 Å². The number of carbonyl (C=O) groups excluding carboxylic acids is 2. The van der Waals surface area contributed by atoms with Gasteiger partial charge in [0.2, 0.25) is 5.91 Å². The Balaban J connectivity index is 1.64. The van der Waals surface area contributed by atoms with E-state index in [1.54, 1.807) is 17.8 Å². The van der Waals surface area contributed by atoms with E-state index >= 15 is 0 Å². The van der Waals surface area contributed by atoms with Crippen LogP contribution in [0.25, 0.3) is 0 Å². The third-order valence-electron chi connectivity index (χ3n) is 4.57. The third kappa shape index (κ3) is 2.69. The Morgan fingerprint density at radius 2 is 2.04 bits per heavy atom. The topological polar surface area (TPSA) is 49.4 Å². The number of hydrogen-bond donors (Lipinski definition) is 1. The van der Waals surface area contributed by atoms with Crippen LogP contribution in [0.3, 0.4) is 0 Å². The fraction of sp³-hybridized carbons (Fsp3) is 0.263. The maximum Gasteiger partial charge on any atom is 0.254 e. The highest BCUT2D eigenvalue weighted by Gasteiger charge is 2.27. The van der Waals surface area contributed by atoms with E-state index in [1.807, 2.05) is 29.2 Å². The van der Waals surface area contributed by atoms with Gasteiger partial charge in [0, 0.05) is 34.5 Å². The molecule has 0 bridgehead atoms. The normalized spacial score (nSPS) is 19.3. The lowest BCUT2D eigenvalue weighted by Gasteiger charge is -2.27. The molecule has 0 aromatic heterocycles. The molecular weight excluding hydrogens is 320 g/mol. The average Bonchev–Trinajstić information content (AvgIpc) is 2.87. The van der Waals surface area contributed by atoms with Crippen LogP contribution in [-0.4, -0.2) is 28.5 Å². The van der Waals surface area contributed by atoms with E-state index in [1.165, 1.54) is 10.5 Å². The molecule has 0 fully saturated rings. The number of fused-ring (bicyclic) bond motifs is 2. The molecule has 0 unspecified atom stereocenters. The summed E-state index contributed by atoms with van der Waals surface area (Å²) in [6.07, 6.45) is 0.397. The Kier molecular flexibility index (Phi) is 3.81. The Hall–Kier alpha value is -2.27. The number of amides is 2. The van der Waals surface area contributed by atoms with Gasteiger partial charge in [-0.15, -0.1) is 11.8 Å². The van der Waals surface area contributed by atoms with E-state index in [0.29, 0.717) is 18.5 Å². The molecule has 0 spiro atoms. The summed E-state index contributed by atoms with van der Waals surface area (Å²) < 4.78 is 0. The number of rotatable bonds is 1. The number of benzene rings is 2. The number of anilines is 1. The van der Waals surface area contributed by atoms with Gasteiger partial charge in [0.05, 0.1) is 6.42 Å². The van der Waals surface area contributed by atoms with Gasteiger partial charge in [0.15, 0.2) is 0 Å². The van der Waals surface area contributed by atoms with E-state index < -0.39 is 0 Å². The van der Waals surface area contributed by atoms with Gasteiger partial charge in [-0.05, 0) is 36.2 Å². The molecule has 2 aliphatic heterocycles. The van der Waals surface area contributed by atoms with Gasteiger partial charge in [-0.1, -0.05) is 24.3 Å². The number of thioether (sulfide) groups is 1. The maximum absolute atomic E-state index is 13.1. The van der Waals surface area contributed by atoms with E-state index in [4.69, 9.17) is 0 Å². The number of nitrogens with zero attached hydrogens (tertiary/aromatic N) is 1. The zero-order valence-electron chi connectivity index (χ0n) is 13.4. The zero-order valence-corrected chi connectivity index (χ0v) is 14.2. The summed E-state index contributed by atoms with van der Waals surface area (Å²) >= 11 is 1.80. The molecular formula is C19H18N2O2S. The van der Waals surface area contributed by atoms with E-state index in [0.717, 1.165) is 17.0 Å². The molecule has 0 radical (unpaired) electrons. The molecule has 1 N–H and O–H groups in total. The van der Waals surface area contributed by atoms with Crippen molar-refractivity contribution in [1.82, 2.24) is 4.90 Å².